The molecule has 3 aromatic rings. The van der Waals surface area contributed by atoms with Crippen molar-refractivity contribution < 1.29 is 22.3 Å². The van der Waals surface area contributed by atoms with Gasteiger partial charge in [0.15, 0.2) is 11.6 Å². The summed E-state index contributed by atoms with van der Waals surface area (Å²) in [5.41, 5.74) is 0.521. The van der Waals surface area contributed by atoms with Crippen molar-refractivity contribution >= 4 is 33.2 Å². The molecule has 2 fully saturated rings. The van der Waals surface area contributed by atoms with Gasteiger partial charge in [0.2, 0.25) is 16.0 Å². The highest BCUT2D eigenvalue weighted by atomic mass is 32.2. The molecular formula is C28H34F2N6O3S. The molecule has 3 N–H and O–H groups in total. The van der Waals surface area contributed by atoms with Gasteiger partial charge in [-0.2, -0.15) is 9.29 Å². The number of β-amino-alcohol motifs (C(OH)–C–C–N with tert-alkyl or cyclic N) is 1. The molecule has 2 aliphatic rings. The summed E-state index contributed by atoms with van der Waals surface area (Å²) in [5.74, 6) is -0.415. The molecule has 5 rings (SSSR count). The SMILES string of the molecule is Cc1cc(Nc2nc(Nc3ccc(S(=O)(=O)N4CCC(O)(CN5CC[C@H](C)C5)CC4)cc3)ncc2F)ccc1F. The van der Waals surface area contributed by atoms with Crippen LogP contribution in [0.25, 0.3) is 0 Å². The molecule has 2 aromatic carbocycles. The van der Waals surface area contributed by atoms with Crippen LogP contribution < -0.4 is 10.6 Å². The minimum Gasteiger partial charge on any atom is -0.388 e. The van der Waals surface area contributed by atoms with E-state index in [1.165, 1.54) is 28.6 Å². The molecule has 0 spiro atoms. The van der Waals surface area contributed by atoms with Gasteiger partial charge in [0.25, 0.3) is 0 Å². The van der Waals surface area contributed by atoms with E-state index in [4.69, 9.17) is 0 Å². The maximum absolute atomic E-state index is 14.3. The van der Waals surface area contributed by atoms with Crippen LogP contribution in [-0.4, -0.2) is 71.0 Å². The summed E-state index contributed by atoms with van der Waals surface area (Å²) in [7, 11) is -3.73. The van der Waals surface area contributed by atoms with Crippen LogP contribution in [0.15, 0.2) is 53.6 Å². The van der Waals surface area contributed by atoms with E-state index in [-0.39, 0.29) is 35.6 Å². The van der Waals surface area contributed by atoms with E-state index in [0.29, 0.717) is 42.2 Å². The zero-order valence-electron chi connectivity index (χ0n) is 22.6. The molecule has 0 amide bonds. The molecule has 0 saturated carbocycles. The van der Waals surface area contributed by atoms with Crippen LogP contribution in [0, 0.1) is 24.5 Å². The third-order valence-corrected chi connectivity index (χ3v) is 9.50. The average Bonchev–Trinajstić information content (AvgIpc) is 3.32. The second-order valence-electron chi connectivity index (χ2n) is 10.9. The van der Waals surface area contributed by atoms with Crippen molar-refractivity contribution in [2.45, 2.75) is 43.6 Å². The summed E-state index contributed by atoms with van der Waals surface area (Å²) >= 11 is 0. The Bertz CT molecular complexity index is 1460. The monoisotopic (exact) mass is 572 g/mol. The van der Waals surface area contributed by atoms with Gasteiger partial charge in [-0.05, 0) is 86.7 Å². The number of rotatable bonds is 8. The first-order chi connectivity index (χ1) is 19.0. The van der Waals surface area contributed by atoms with Crippen LogP contribution >= 0.6 is 0 Å². The number of hydrogen-bond donors (Lipinski definition) is 3. The highest BCUT2D eigenvalue weighted by molar-refractivity contribution is 7.89. The summed E-state index contributed by atoms with van der Waals surface area (Å²) < 4.78 is 55.8. The minimum absolute atomic E-state index is 0.0907. The van der Waals surface area contributed by atoms with Gasteiger partial charge in [-0.15, -0.1) is 0 Å². The Morgan fingerprint density at radius 3 is 2.38 bits per heavy atom. The zero-order valence-corrected chi connectivity index (χ0v) is 23.4. The number of nitrogens with zero attached hydrogens (tertiary/aromatic N) is 4. The number of aryl methyl sites for hydroxylation is 1. The quantitative estimate of drug-likeness (QED) is 0.364. The van der Waals surface area contributed by atoms with Crippen molar-refractivity contribution in [3.8, 4) is 0 Å². The predicted molar refractivity (Wildman–Crippen MR) is 149 cm³/mol. The summed E-state index contributed by atoms with van der Waals surface area (Å²) in [6.07, 6.45) is 2.93. The first-order valence-electron chi connectivity index (χ1n) is 13.4. The normalized spacial score (nSPS) is 20.0. The van der Waals surface area contributed by atoms with Gasteiger partial charge in [-0.1, -0.05) is 6.92 Å². The lowest BCUT2D eigenvalue weighted by molar-refractivity contribution is -0.0289. The minimum atomic E-state index is -3.73. The number of aromatic nitrogens is 2. The molecule has 2 saturated heterocycles. The fraction of sp³-hybridized carbons (Fsp3) is 0.429. The molecule has 0 aliphatic carbocycles. The van der Waals surface area contributed by atoms with Gasteiger partial charge < -0.3 is 20.6 Å². The molecule has 0 bridgehead atoms. The highest BCUT2D eigenvalue weighted by Crippen LogP contribution is 2.30. The maximum Gasteiger partial charge on any atom is 0.243 e. The van der Waals surface area contributed by atoms with Crippen molar-refractivity contribution in [3.05, 3.63) is 65.9 Å². The second-order valence-corrected chi connectivity index (χ2v) is 12.8. The van der Waals surface area contributed by atoms with Crippen LogP contribution in [0.5, 0.6) is 0 Å². The number of halogens is 2. The molecule has 0 radical (unpaired) electrons. The smallest absolute Gasteiger partial charge is 0.243 e. The Balaban J connectivity index is 1.21. The molecule has 40 heavy (non-hydrogen) atoms. The van der Waals surface area contributed by atoms with Crippen molar-refractivity contribution in [1.82, 2.24) is 19.2 Å². The number of nitrogens with one attached hydrogen (secondary N) is 2. The Labute approximate surface area is 233 Å². The summed E-state index contributed by atoms with van der Waals surface area (Å²) in [5, 5.41) is 16.8. The zero-order chi connectivity index (χ0) is 28.5. The Morgan fingerprint density at radius 1 is 1.02 bits per heavy atom. The molecular weight excluding hydrogens is 538 g/mol. The van der Waals surface area contributed by atoms with E-state index in [1.54, 1.807) is 25.1 Å². The van der Waals surface area contributed by atoms with Crippen LogP contribution in [-0.2, 0) is 10.0 Å². The fourth-order valence-corrected chi connectivity index (χ4v) is 6.69. The van der Waals surface area contributed by atoms with Crippen LogP contribution in [0.4, 0.5) is 31.9 Å². The molecule has 12 heteroatoms. The largest absolute Gasteiger partial charge is 0.388 e. The molecule has 3 heterocycles. The summed E-state index contributed by atoms with van der Waals surface area (Å²) in [6, 6.07) is 10.5. The van der Waals surface area contributed by atoms with Gasteiger partial charge in [0.05, 0.1) is 16.7 Å². The van der Waals surface area contributed by atoms with E-state index >= 15 is 0 Å². The van der Waals surface area contributed by atoms with Gasteiger partial charge >= 0.3 is 0 Å². The third kappa shape index (κ3) is 6.41. The average molecular weight is 573 g/mol. The number of benzene rings is 2. The van der Waals surface area contributed by atoms with Crippen LogP contribution in [0.1, 0.15) is 31.7 Å². The molecule has 2 aliphatic heterocycles. The Hall–Kier alpha value is -3.19. The molecule has 9 nitrogen and oxygen atoms in total. The van der Waals surface area contributed by atoms with Crippen molar-refractivity contribution in [1.29, 1.82) is 0 Å². The van der Waals surface area contributed by atoms with Gasteiger partial charge in [0, 0.05) is 37.6 Å². The topological polar surface area (TPSA) is 111 Å². The number of aliphatic hydroxyl groups is 1. The standard InChI is InChI=1S/C28H34F2N6O3S/c1-19-9-12-35(17-19)18-28(37)10-13-36(14-11-28)40(38,39)23-6-3-21(4-7-23)33-27-31-16-25(30)26(34-27)32-22-5-8-24(29)20(2)15-22/h3-8,15-16,19,37H,9-14,17-18H2,1-2H3,(H2,31,32,33,34)/t19-/m0/s1. The molecule has 214 valence electrons. The lowest BCUT2D eigenvalue weighted by Crippen LogP contribution is -2.51. The number of sulfonamides is 1. The predicted octanol–water partition coefficient (Wildman–Crippen LogP) is 4.41. The highest BCUT2D eigenvalue weighted by Gasteiger charge is 2.39. The van der Waals surface area contributed by atoms with E-state index in [2.05, 4.69) is 32.4 Å². The van der Waals surface area contributed by atoms with Crippen molar-refractivity contribution in [3.63, 3.8) is 0 Å². The number of piperidine rings is 1. The number of hydrogen-bond acceptors (Lipinski definition) is 8. The van der Waals surface area contributed by atoms with E-state index in [1.807, 2.05) is 0 Å². The van der Waals surface area contributed by atoms with E-state index < -0.39 is 21.4 Å². The first kappa shape index (κ1) is 28.3. The maximum atomic E-state index is 14.3. The molecule has 1 atom stereocenters. The fourth-order valence-electron chi connectivity index (χ4n) is 5.25. The van der Waals surface area contributed by atoms with Gasteiger partial charge in [-0.25, -0.2) is 22.2 Å². The lowest BCUT2D eigenvalue weighted by atomic mass is 9.92. The summed E-state index contributed by atoms with van der Waals surface area (Å²) in [6.45, 7) is 6.86. The third-order valence-electron chi connectivity index (χ3n) is 7.59. The van der Waals surface area contributed by atoms with Crippen molar-refractivity contribution in [2.75, 3.05) is 43.4 Å². The second kappa shape index (κ2) is 11.4. The Kier molecular flexibility index (Phi) is 8.05. The molecule has 1 aromatic heterocycles. The van der Waals surface area contributed by atoms with E-state index in [0.717, 1.165) is 25.7 Å². The molecule has 0 unspecified atom stereocenters. The van der Waals surface area contributed by atoms with Crippen molar-refractivity contribution in [2.24, 2.45) is 5.92 Å². The van der Waals surface area contributed by atoms with E-state index in [9.17, 15) is 22.3 Å². The Morgan fingerprint density at radius 2 is 1.73 bits per heavy atom. The number of likely N-dealkylation sites (tertiary alicyclic amines) is 1. The lowest BCUT2D eigenvalue weighted by Gasteiger charge is -2.39. The summed E-state index contributed by atoms with van der Waals surface area (Å²) in [4.78, 5) is 10.5. The van der Waals surface area contributed by atoms with Gasteiger partial charge in [0.1, 0.15) is 5.82 Å². The van der Waals surface area contributed by atoms with Crippen LogP contribution in [0.2, 0.25) is 0 Å². The van der Waals surface area contributed by atoms with Gasteiger partial charge in [-0.3, -0.25) is 0 Å². The first-order valence-corrected chi connectivity index (χ1v) is 14.8. The van der Waals surface area contributed by atoms with Crippen LogP contribution in [0.3, 0.4) is 0 Å². The number of anilines is 4.